The van der Waals surface area contributed by atoms with Crippen molar-refractivity contribution in [3.63, 3.8) is 0 Å². The molecular weight excluding hydrogens is 312 g/mol. The Kier molecular flexibility index (Phi) is 4.78. The molecule has 134 valence electrons. The first-order valence-electron chi connectivity index (χ1n) is 9.92. The van der Waals surface area contributed by atoms with Gasteiger partial charge in [0.25, 0.3) is 5.56 Å². The zero-order chi connectivity index (χ0) is 17.2. The number of nitrogens with zero attached hydrogens (tertiary/aromatic N) is 2. The van der Waals surface area contributed by atoms with Crippen molar-refractivity contribution in [1.29, 1.82) is 0 Å². The van der Waals surface area contributed by atoms with E-state index in [0.29, 0.717) is 22.7 Å². The highest BCUT2D eigenvalue weighted by molar-refractivity contribution is 5.76. The van der Waals surface area contributed by atoms with Gasteiger partial charge in [0.1, 0.15) is 5.58 Å². The van der Waals surface area contributed by atoms with Gasteiger partial charge in [-0.3, -0.25) is 9.36 Å². The van der Waals surface area contributed by atoms with Gasteiger partial charge < -0.3 is 4.42 Å². The lowest BCUT2D eigenvalue weighted by molar-refractivity contribution is 0.295. The first-order chi connectivity index (χ1) is 12.2. The normalized spacial score (nSPS) is 21.1. The second-order valence-corrected chi connectivity index (χ2v) is 7.77. The fraction of sp³-hybridized carbons (Fsp3) is 0.619. The van der Waals surface area contributed by atoms with Crippen molar-refractivity contribution in [3.8, 4) is 0 Å². The van der Waals surface area contributed by atoms with Gasteiger partial charge in [-0.05, 0) is 44.7 Å². The lowest BCUT2D eigenvalue weighted by Crippen LogP contribution is -2.38. The summed E-state index contributed by atoms with van der Waals surface area (Å²) in [6.07, 6.45) is 11.7. The molecule has 0 bridgehead atoms. The monoisotopic (exact) mass is 340 g/mol. The number of fused-ring (bicyclic) bond motifs is 1. The Morgan fingerprint density at radius 2 is 1.68 bits per heavy atom. The molecule has 0 radical (unpaired) electrons. The molecule has 0 spiro atoms. The number of hydrogen-bond acceptors (Lipinski definition) is 3. The molecule has 1 aromatic heterocycles. The van der Waals surface area contributed by atoms with Crippen LogP contribution in [0.5, 0.6) is 0 Å². The van der Waals surface area contributed by atoms with Gasteiger partial charge in [0.05, 0.1) is 11.4 Å². The van der Waals surface area contributed by atoms with Gasteiger partial charge in [0.2, 0.25) is 0 Å². The van der Waals surface area contributed by atoms with Gasteiger partial charge in [-0.15, -0.1) is 0 Å². The first kappa shape index (κ1) is 16.6. The predicted octanol–water partition coefficient (Wildman–Crippen LogP) is 4.64. The van der Waals surface area contributed by atoms with Crippen LogP contribution < -0.4 is 11.2 Å². The summed E-state index contributed by atoms with van der Waals surface area (Å²) in [4.78, 5) is 18.2. The zero-order valence-electron chi connectivity index (χ0n) is 15.2. The predicted molar refractivity (Wildman–Crippen MR) is 99.8 cm³/mol. The Balaban J connectivity index is 1.90. The minimum atomic E-state index is 0.0754. The summed E-state index contributed by atoms with van der Waals surface area (Å²) in [5.41, 5.74) is 2.38. The maximum atomic E-state index is 13.3. The van der Waals surface area contributed by atoms with Crippen LogP contribution >= 0.6 is 0 Å². The smallest absolute Gasteiger partial charge is 0.300 e. The molecule has 0 atom stereocenters. The van der Waals surface area contributed by atoms with Gasteiger partial charge in [0, 0.05) is 6.04 Å². The molecule has 2 aliphatic rings. The molecule has 2 aliphatic carbocycles. The topological polar surface area (TPSA) is 47.5 Å². The summed E-state index contributed by atoms with van der Waals surface area (Å²) in [6.45, 7) is 2.02. The molecule has 2 saturated carbocycles. The number of rotatable bonds is 2. The summed E-state index contributed by atoms with van der Waals surface area (Å²) < 4.78 is 8.07. The molecule has 0 amide bonds. The van der Waals surface area contributed by atoms with E-state index in [0.717, 1.165) is 31.2 Å². The molecule has 4 rings (SSSR count). The molecular formula is C21H28N2O2. The lowest BCUT2D eigenvalue weighted by atomic mass is 9.95. The van der Waals surface area contributed by atoms with E-state index < -0.39 is 0 Å². The van der Waals surface area contributed by atoms with Crippen molar-refractivity contribution < 1.29 is 4.42 Å². The van der Waals surface area contributed by atoms with E-state index in [-0.39, 0.29) is 11.6 Å². The maximum absolute atomic E-state index is 13.3. The van der Waals surface area contributed by atoms with Crippen LogP contribution in [0.2, 0.25) is 0 Å². The van der Waals surface area contributed by atoms with Crippen LogP contribution in [-0.4, -0.2) is 10.6 Å². The van der Waals surface area contributed by atoms with Gasteiger partial charge in [-0.1, -0.05) is 50.2 Å². The van der Waals surface area contributed by atoms with Crippen molar-refractivity contribution >= 4 is 11.0 Å². The number of benzene rings is 1. The third-order valence-electron chi connectivity index (χ3n) is 5.80. The summed E-state index contributed by atoms with van der Waals surface area (Å²) in [5.74, 6) is 0. The summed E-state index contributed by atoms with van der Waals surface area (Å²) in [7, 11) is 0. The van der Waals surface area contributed by atoms with Crippen LogP contribution in [0, 0.1) is 6.92 Å². The quantitative estimate of drug-likeness (QED) is 0.799. The van der Waals surface area contributed by atoms with E-state index in [1.807, 2.05) is 29.7 Å². The molecule has 0 N–H and O–H groups in total. The van der Waals surface area contributed by atoms with Gasteiger partial charge >= 0.3 is 5.68 Å². The number of aryl methyl sites for hydroxylation is 1. The highest BCUT2D eigenvalue weighted by atomic mass is 16.3. The Morgan fingerprint density at radius 3 is 2.40 bits per heavy atom. The second kappa shape index (κ2) is 7.19. The van der Waals surface area contributed by atoms with Gasteiger partial charge in [0.15, 0.2) is 0 Å². The number of hydrogen-bond donors (Lipinski definition) is 0. The van der Waals surface area contributed by atoms with Crippen LogP contribution in [0.4, 0.5) is 0 Å². The lowest BCUT2D eigenvalue weighted by Gasteiger charge is -2.24. The highest BCUT2D eigenvalue weighted by Gasteiger charge is 2.21. The van der Waals surface area contributed by atoms with Crippen LogP contribution in [0.3, 0.4) is 0 Å². The average molecular weight is 340 g/mol. The highest BCUT2D eigenvalue weighted by Crippen LogP contribution is 2.27. The molecule has 1 aromatic carbocycles. The van der Waals surface area contributed by atoms with Gasteiger partial charge in [-0.2, -0.15) is 0 Å². The van der Waals surface area contributed by atoms with Crippen LogP contribution in [-0.2, 0) is 0 Å². The zero-order valence-corrected chi connectivity index (χ0v) is 15.2. The molecule has 1 heterocycles. The third-order valence-corrected chi connectivity index (χ3v) is 5.80. The summed E-state index contributed by atoms with van der Waals surface area (Å²) >= 11 is 0. The van der Waals surface area contributed by atoms with Crippen LogP contribution in [0.25, 0.3) is 11.0 Å². The Morgan fingerprint density at radius 1 is 1.00 bits per heavy atom. The van der Waals surface area contributed by atoms with Crippen molar-refractivity contribution in [2.24, 2.45) is 4.99 Å². The molecule has 0 saturated heterocycles. The Hall–Kier alpha value is -1.84. The standard InChI is InChI=1S/C21H28N2O2/c1-15-12-13-19-18(14-15)20(24)23(17-10-6-3-7-11-17)21(25-19)22-16-8-4-2-5-9-16/h12-14,16-17H,2-11H2,1H3. The molecule has 4 nitrogen and oxygen atoms in total. The third kappa shape index (κ3) is 3.44. The average Bonchev–Trinajstić information content (AvgIpc) is 2.64. The van der Waals surface area contributed by atoms with Crippen molar-refractivity contribution in [2.75, 3.05) is 0 Å². The fourth-order valence-corrected chi connectivity index (χ4v) is 4.38. The van der Waals surface area contributed by atoms with E-state index in [2.05, 4.69) is 0 Å². The van der Waals surface area contributed by atoms with Crippen molar-refractivity contribution in [3.05, 3.63) is 39.8 Å². The Bertz CT molecular complexity index is 866. The van der Waals surface area contributed by atoms with Crippen LogP contribution in [0.1, 0.15) is 75.8 Å². The summed E-state index contributed by atoms with van der Waals surface area (Å²) in [5, 5.41) is 0.688. The number of aromatic nitrogens is 1. The largest absolute Gasteiger partial charge is 0.425 e. The SMILES string of the molecule is Cc1ccc2oc(=NC3CCCCC3)n(C3CCCCC3)c(=O)c2c1. The van der Waals surface area contributed by atoms with Crippen molar-refractivity contribution in [1.82, 2.24) is 4.57 Å². The molecule has 0 unspecified atom stereocenters. The molecule has 2 fully saturated rings. The van der Waals surface area contributed by atoms with Crippen molar-refractivity contribution in [2.45, 2.75) is 83.2 Å². The molecule has 0 aliphatic heterocycles. The molecule has 2 aromatic rings. The minimum Gasteiger partial charge on any atom is -0.425 e. The van der Waals surface area contributed by atoms with Crippen LogP contribution in [0.15, 0.2) is 32.4 Å². The van der Waals surface area contributed by atoms with E-state index in [1.165, 1.54) is 38.5 Å². The fourth-order valence-electron chi connectivity index (χ4n) is 4.38. The second-order valence-electron chi connectivity index (χ2n) is 7.77. The van der Waals surface area contributed by atoms with E-state index >= 15 is 0 Å². The summed E-state index contributed by atoms with van der Waals surface area (Å²) in [6, 6.07) is 6.40. The first-order valence-corrected chi connectivity index (χ1v) is 9.92. The Labute approximate surface area is 148 Å². The molecule has 25 heavy (non-hydrogen) atoms. The maximum Gasteiger partial charge on any atom is 0.300 e. The minimum absolute atomic E-state index is 0.0754. The van der Waals surface area contributed by atoms with Gasteiger partial charge in [-0.25, -0.2) is 4.99 Å². The van der Waals surface area contributed by atoms with E-state index in [4.69, 9.17) is 9.41 Å². The van der Waals surface area contributed by atoms with E-state index in [9.17, 15) is 4.79 Å². The molecule has 4 heteroatoms. The van der Waals surface area contributed by atoms with E-state index in [1.54, 1.807) is 0 Å².